The van der Waals surface area contributed by atoms with Crippen molar-refractivity contribution in [3.63, 3.8) is 0 Å². The van der Waals surface area contributed by atoms with Crippen molar-refractivity contribution in [3.05, 3.63) is 0 Å². The standard InChI is InChI=1S/C10H18O9/c11-3-1-18-10(8(15)5(3)12)19-4-2-17-9(16)7(14)6(4)13/h3-16H,1-2H2/t3-,4-,5+,6-,7-,8-,9-,10+/m1/s1. The molecule has 2 saturated heterocycles. The number of hydrogen-bond donors (Lipinski definition) is 6. The number of hydrogen-bond acceptors (Lipinski definition) is 9. The van der Waals surface area contributed by atoms with Crippen molar-refractivity contribution in [1.82, 2.24) is 0 Å². The fourth-order valence-electron chi connectivity index (χ4n) is 1.97. The molecule has 0 aromatic rings. The van der Waals surface area contributed by atoms with Gasteiger partial charge in [0.2, 0.25) is 0 Å². The third-order valence-electron chi connectivity index (χ3n) is 3.22. The summed E-state index contributed by atoms with van der Waals surface area (Å²) in [5.74, 6) is 0. The quantitative estimate of drug-likeness (QED) is 0.297. The topological polar surface area (TPSA) is 149 Å². The average Bonchev–Trinajstić information content (AvgIpc) is 2.39. The maximum Gasteiger partial charge on any atom is 0.186 e. The van der Waals surface area contributed by atoms with E-state index in [-0.39, 0.29) is 13.2 Å². The van der Waals surface area contributed by atoms with E-state index >= 15 is 0 Å². The van der Waals surface area contributed by atoms with Gasteiger partial charge in [-0.3, -0.25) is 0 Å². The monoisotopic (exact) mass is 282 g/mol. The molecule has 2 fully saturated rings. The minimum atomic E-state index is -1.55. The third-order valence-corrected chi connectivity index (χ3v) is 3.22. The van der Waals surface area contributed by atoms with Crippen LogP contribution in [-0.4, -0.2) is 93.1 Å². The molecule has 2 aliphatic rings. The first-order valence-corrected chi connectivity index (χ1v) is 5.89. The lowest BCUT2D eigenvalue weighted by molar-refractivity contribution is -0.323. The minimum absolute atomic E-state index is 0.218. The van der Waals surface area contributed by atoms with Gasteiger partial charge in [0.05, 0.1) is 13.2 Å². The number of rotatable bonds is 2. The number of ether oxygens (including phenoxy) is 3. The van der Waals surface area contributed by atoms with Gasteiger partial charge in [-0.15, -0.1) is 0 Å². The lowest BCUT2D eigenvalue weighted by atomic mass is 10.0. The van der Waals surface area contributed by atoms with Crippen molar-refractivity contribution < 1.29 is 44.8 Å². The number of aliphatic hydroxyl groups excluding tert-OH is 6. The lowest BCUT2D eigenvalue weighted by Gasteiger charge is -2.40. The van der Waals surface area contributed by atoms with Gasteiger partial charge in [0.25, 0.3) is 0 Å². The van der Waals surface area contributed by atoms with Crippen molar-refractivity contribution in [2.45, 2.75) is 49.2 Å². The highest BCUT2D eigenvalue weighted by atomic mass is 16.7. The van der Waals surface area contributed by atoms with Crippen molar-refractivity contribution in [2.24, 2.45) is 0 Å². The van der Waals surface area contributed by atoms with Crippen LogP contribution >= 0.6 is 0 Å². The molecule has 0 radical (unpaired) electrons. The molecule has 0 aromatic heterocycles. The van der Waals surface area contributed by atoms with Crippen LogP contribution in [0.5, 0.6) is 0 Å². The molecule has 19 heavy (non-hydrogen) atoms. The van der Waals surface area contributed by atoms with Crippen LogP contribution in [0, 0.1) is 0 Å². The van der Waals surface area contributed by atoms with E-state index in [0.717, 1.165) is 0 Å². The second-order valence-electron chi connectivity index (χ2n) is 4.63. The summed E-state index contributed by atoms with van der Waals surface area (Å²) in [6.07, 6.45) is -11.0. The zero-order chi connectivity index (χ0) is 14.2. The Labute approximate surface area is 108 Å². The summed E-state index contributed by atoms with van der Waals surface area (Å²) >= 11 is 0. The highest BCUT2D eigenvalue weighted by Crippen LogP contribution is 2.22. The van der Waals surface area contributed by atoms with E-state index in [9.17, 15) is 25.5 Å². The van der Waals surface area contributed by atoms with Crippen molar-refractivity contribution in [1.29, 1.82) is 0 Å². The van der Waals surface area contributed by atoms with Gasteiger partial charge in [-0.25, -0.2) is 0 Å². The zero-order valence-corrected chi connectivity index (χ0v) is 9.94. The maximum absolute atomic E-state index is 9.68. The van der Waals surface area contributed by atoms with E-state index in [2.05, 4.69) is 0 Å². The second-order valence-corrected chi connectivity index (χ2v) is 4.63. The van der Waals surface area contributed by atoms with Crippen molar-refractivity contribution in [3.8, 4) is 0 Å². The van der Waals surface area contributed by atoms with Crippen LogP contribution in [0.1, 0.15) is 0 Å². The maximum atomic E-state index is 9.68. The molecule has 9 nitrogen and oxygen atoms in total. The molecule has 8 atom stereocenters. The molecule has 0 bridgehead atoms. The number of aliphatic hydroxyl groups is 6. The minimum Gasteiger partial charge on any atom is -0.388 e. The Kier molecular flexibility index (Phi) is 4.71. The average molecular weight is 282 g/mol. The normalized spacial score (nSPS) is 52.1. The van der Waals surface area contributed by atoms with Gasteiger partial charge in [-0.05, 0) is 0 Å². The van der Waals surface area contributed by atoms with Crippen molar-refractivity contribution >= 4 is 0 Å². The highest BCUT2D eigenvalue weighted by molar-refractivity contribution is 4.87. The van der Waals surface area contributed by atoms with Crippen LogP contribution in [0.15, 0.2) is 0 Å². The third kappa shape index (κ3) is 3.05. The first-order valence-electron chi connectivity index (χ1n) is 5.89. The first-order chi connectivity index (χ1) is 8.91. The predicted molar refractivity (Wildman–Crippen MR) is 56.6 cm³/mol. The Bertz CT molecular complexity index is 273. The molecule has 0 saturated carbocycles. The van der Waals surface area contributed by atoms with E-state index in [1.807, 2.05) is 0 Å². The van der Waals surface area contributed by atoms with Crippen LogP contribution in [0.25, 0.3) is 0 Å². The van der Waals surface area contributed by atoms with E-state index < -0.39 is 49.2 Å². The Morgan fingerprint density at radius 1 is 0.737 bits per heavy atom. The molecule has 9 heteroatoms. The summed E-state index contributed by atoms with van der Waals surface area (Å²) in [5.41, 5.74) is 0. The van der Waals surface area contributed by atoms with Crippen molar-refractivity contribution in [2.75, 3.05) is 13.2 Å². The molecule has 112 valence electrons. The van der Waals surface area contributed by atoms with Gasteiger partial charge in [-0.1, -0.05) is 0 Å². The second kappa shape index (κ2) is 5.95. The molecule has 0 unspecified atom stereocenters. The summed E-state index contributed by atoms with van der Waals surface area (Å²) in [7, 11) is 0. The molecule has 0 aliphatic carbocycles. The van der Waals surface area contributed by atoms with Crippen LogP contribution < -0.4 is 0 Å². The molecule has 2 heterocycles. The SMILES string of the molecule is O[C@@H]1[C@@H](O)[C@H](O[C@@H]2CO[C@@H](O)[C@H](O)[C@@H]2O)OC[C@H]1O. The van der Waals surface area contributed by atoms with Gasteiger partial charge in [0.1, 0.15) is 36.6 Å². The highest BCUT2D eigenvalue weighted by Gasteiger charge is 2.44. The summed E-state index contributed by atoms with van der Waals surface area (Å²) in [6.45, 7) is -0.456. The molecule has 0 aromatic carbocycles. The van der Waals surface area contributed by atoms with Gasteiger partial charge >= 0.3 is 0 Å². The van der Waals surface area contributed by atoms with Gasteiger partial charge in [0.15, 0.2) is 12.6 Å². The Morgan fingerprint density at radius 2 is 1.42 bits per heavy atom. The van der Waals surface area contributed by atoms with Crippen LogP contribution in [0.2, 0.25) is 0 Å². The molecular formula is C10H18O9. The first kappa shape index (κ1) is 15.0. The summed E-state index contributed by atoms with van der Waals surface area (Å²) < 4.78 is 15.0. The molecular weight excluding hydrogens is 264 g/mol. The van der Waals surface area contributed by atoms with E-state index in [0.29, 0.717) is 0 Å². The van der Waals surface area contributed by atoms with Crippen LogP contribution in [-0.2, 0) is 14.2 Å². The molecule has 0 spiro atoms. The van der Waals surface area contributed by atoms with Gasteiger partial charge < -0.3 is 44.8 Å². The van der Waals surface area contributed by atoms with E-state index in [1.165, 1.54) is 0 Å². The smallest absolute Gasteiger partial charge is 0.186 e. The zero-order valence-electron chi connectivity index (χ0n) is 9.94. The molecule has 2 rings (SSSR count). The molecule has 0 amide bonds. The van der Waals surface area contributed by atoms with Crippen LogP contribution in [0.4, 0.5) is 0 Å². The Hall–Kier alpha value is -0.360. The summed E-state index contributed by atoms with van der Waals surface area (Å²) in [4.78, 5) is 0. The Balaban J connectivity index is 1.94. The fraction of sp³-hybridized carbons (Fsp3) is 1.00. The summed E-state index contributed by atoms with van der Waals surface area (Å²) in [6, 6.07) is 0. The van der Waals surface area contributed by atoms with Crippen LogP contribution in [0.3, 0.4) is 0 Å². The molecule has 2 aliphatic heterocycles. The predicted octanol–water partition coefficient (Wildman–Crippen LogP) is -4.12. The molecule has 6 N–H and O–H groups in total. The Morgan fingerprint density at radius 3 is 2.11 bits per heavy atom. The summed E-state index contributed by atoms with van der Waals surface area (Å²) in [5, 5.41) is 56.6. The largest absolute Gasteiger partial charge is 0.388 e. The van der Waals surface area contributed by atoms with E-state index in [4.69, 9.17) is 19.3 Å². The van der Waals surface area contributed by atoms with Gasteiger partial charge in [0, 0.05) is 0 Å². The fourth-order valence-corrected chi connectivity index (χ4v) is 1.97. The lowest BCUT2D eigenvalue weighted by Crippen LogP contribution is -2.59. The van der Waals surface area contributed by atoms with Gasteiger partial charge in [-0.2, -0.15) is 0 Å². The van der Waals surface area contributed by atoms with E-state index in [1.54, 1.807) is 0 Å².